The van der Waals surface area contributed by atoms with Gasteiger partial charge in [-0.2, -0.15) is 0 Å². The Morgan fingerprint density at radius 2 is 2.09 bits per heavy atom. The molecule has 2 heterocycles. The number of aliphatic carboxylic acids is 1. The fraction of sp³-hybridized carbons (Fsp3) is 0.500. The molecular formula is C14H16BrNO5S. The zero-order valence-electron chi connectivity index (χ0n) is 11.7. The van der Waals surface area contributed by atoms with Crippen molar-refractivity contribution in [3.8, 4) is 0 Å². The maximum Gasteiger partial charge on any atom is 0.307 e. The first-order chi connectivity index (χ1) is 10.4. The molecular weight excluding hydrogens is 374 g/mol. The third kappa shape index (κ3) is 2.80. The summed E-state index contributed by atoms with van der Waals surface area (Å²) in [6.07, 6.45) is 0.504. The van der Waals surface area contributed by atoms with Crippen LogP contribution < -0.4 is 5.32 Å². The molecule has 1 aromatic rings. The topological polar surface area (TPSA) is 92.7 Å². The summed E-state index contributed by atoms with van der Waals surface area (Å²) in [4.78, 5) is 11.3. The van der Waals surface area contributed by atoms with Gasteiger partial charge in [0, 0.05) is 17.1 Å². The van der Waals surface area contributed by atoms with Crippen molar-refractivity contribution in [1.29, 1.82) is 0 Å². The Labute approximate surface area is 136 Å². The van der Waals surface area contributed by atoms with Gasteiger partial charge in [-0.3, -0.25) is 4.79 Å². The molecule has 0 aliphatic carbocycles. The Morgan fingerprint density at radius 1 is 1.36 bits per heavy atom. The van der Waals surface area contributed by atoms with Crippen LogP contribution in [0.5, 0.6) is 0 Å². The number of nitrogens with one attached hydrogen (secondary N) is 1. The predicted octanol–water partition coefficient (Wildman–Crippen LogP) is 1.36. The summed E-state index contributed by atoms with van der Waals surface area (Å²) in [6.45, 7) is 0.902. The largest absolute Gasteiger partial charge is 0.481 e. The molecule has 3 rings (SSSR count). The number of rotatable bonds is 4. The summed E-state index contributed by atoms with van der Waals surface area (Å²) in [5.74, 6) is -1.21. The second-order valence-electron chi connectivity index (χ2n) is 5.63. The monoisotopic (exact) mass is 389 g/mol. The molecule has 0 radical (unpaired) electrons. The van der Waals surface area contributed by atoms with Crippen LogP contribution in [0.1, 0.15) is 18.0 Å². The first-order valence-corrected chi connectivity index (χ1v) is 9.31. The van der Waals surface area contributed by atoms with Crippen molar-refractivity contribution in [2.75, 3.05) is 19.8 Å². The van der Waals surface area contributed by atoms with E-state index in [1.807, 2.05) is 0 Å². The van der Waals surface area contributed by atoms with Gasteiger partial charge in [0.15, 0.2) is 9.84 Å². The average molecular weight is 390 g/mol. The second kappa shape index (κ2) is 5.92. The van der Waals surface area contributed by atoms with Crippen LogP contribution >= 0.6 is 15.9 Å². The highest BCUT2D eigenvalue weighted by Crippen LogP contribution is 2.33. The van der Waals surface area contributed by atoms with Gasteiger partial charge < -0.3 is 15.2 Å². The van der Waals surface area contributed by atoms with Gasteiger partial charge in [0.1, 0.15) is 5.25 Å². The van der Waals surface area contributed by atoms with Crippen molar-refractivity contribution in [2.24, 2.45) is 5.92 Å². The fourth-order valence-corrected chi connectivity index (χ4v) is 5.29. The second-order valence-corrected chi connectivity index (χ2v) is 8.68. The number of halogens is 1. The number of carbonyl (C=O) groups is 1. The fourth-order valence-electron chi connectivity index (χ4n) is 2.72. The van der Waals surface area contributed by atoms with E-state index in [2.05, 4.69) is 21.2 Å². The van der Waals surface area contributed by atoms with Gasteiger partial charge in [0.05, 0.1) is 24.0 Å². The minimum Gasteiger partial charge on any atom is -0.481 e. The number of sulfone groups is 1. The lowest BCUT2D eigenvalue weighted by atomic mass is 10.0. The van der Waals surface area contributed by atoms with Crippen LogP contribution in [0, 0.1) is 5.92 Å². The highest BCUT2D eigenvalue weighted by Gasteiger charge is 2.36. The third-order valence-electron chi connectivity index (χ3n) is 4.19. The van der Waals surface area contributed by atoms with Crippen molar-refractivity contribution < 1.29 is 23.1 Å². The molecule has 2 aliphatic rings. The van der Waals surface area contributed by atoms with Crippen molar-refractivity contribution >= 4 is 31.7 Å². The van der Waals surface area contributed by atoms with Crippen molar-refractivity contribution in [1.82, 2.24) is 5.32 Å². The van der Waals surface area contributed by atoms with E-state index in [4.69, 9.17) is 9.84 Å². The van der Waals surface area contributed by atoms with E-state index in [0.717, 1.165) is 5.56 Å². The molecule has 0 amide bonds. The molecule has 2 atom stereocenters. The molecule has 2 fully saturated rings. The lowest BCUT2D eigenvalue weighted by molar-refractivity contribution is -0.141. The van der Waals surface area contributed by atoms with Gasteiger partial charge in [0.25, 0.3) is 0 Å². The number of hydrogen-bond acceptors (Lipinski definition) is 5. The first kappa shape index (κ1) is 15.9. The van der Waals surface area contributed by atoms with Crippen LogP contribution in [0.15, 0.2) is 27.6 Å². The first-order valence-electron chi connectivity index (χ1n) is 6.97. The summed E-state index contributed by atoms with van der Waals surface area (Å²) < 4.78 is 30.3. The van der Waals surface area contributed by atoms with Gasteiger partial charge in [-0.1, -0.05) is 6.07 Å². The summed E-state index contributed by atoms with van der Waals surface area (Å²) >= 11 is 3.33. The van der Waals surface area contributed by atoms with E-state index in [1.54, 1.807) is 18.2 Å². The molecule has 2 saturated heterocycles. The Hall–Kier alpha value is -0.960. The summed E-state index contributed by atoms with van der Waals surface area (Å²) in [5, 5.41) is 11.7. The molecule has 0 spiro atoms. The van der Waals surface area contributed by atoms with Gasteiger partial charge in [0.2, 0.25) is 0 Å². The van der Waals surface area contributed by atoms with Gasteiger partial charge >= 0.3 is 5.97 Å². The molecule has 1 aromatic carbocycles. The van der Waals surface area contributed by atoms with Gasteiger partial charge in [-0.25, -0.2) is 8.42 Å². The van der Waals surface area contributed by atoms with Crippen LogP contribution in [-0.2, 0) is 19.4 Å². The van der Waals surface area contributed by atoms with Crippen LogP contribution in [0.4, 0.5) is 0 Å². The normalized spacial score (nSPS) is 25.9. The minimum atomic E-state index is -3.38. The average Bonchev–Trinajstić information content (AvgIpc) is 2.85. The number of ether oxygens (including phenoxy) is 1. The molecule has 2 aliphatic heterocycles. The van der Waals surface area contributed by atoms with Crippen LogP contribution in [0.3, 0.4) is 0 Å². The SMILES string of the molecule is O=C(O)C1CNC(c2ccc(S(=O)(=O)C3COC3)c(Br)c2)C1. The Morgan fingerprint density at radius 3 is 2.59 bits per heavy atom. The predicted molar refractivity (Wildman–Crippen MR) is 82.4 cm³/mol. The molecule has 0 aromatic heterocycles. The van der Waals surface area contributed by atoms with E-state index >= 15 is 0 Å². The highest BCUT2D eigenvalue weighted by molar-refractivity contribution is 9.10. The number of benzene rings is 1. The third-order valence-corrected chi connectivity index (χ3v) is 7.23. The lowest BCUT2D eigenvalue weighted by Gasteiger charge is -2.26. The van der Waals surface area contributed by atoms with E-state index in [0.29, 0.717) is 17.4 Å². The molecule has 120 valence electrons. The van der Waals surface area contributed by atoms with E-state index in [9.17, 15) is 13.2 Å². The molecule has 0 saturated carbocycles. The quantitative estimate of drug-likeness (QED) is 0.807. The zero-order chi connectivity index (χ0) is 15.9. The summed E-state index contributed by atoms with van der Waals surface area (Å²) in [5.41, 5.74) is 0.888. The van der Waals surface area contributed by atoms with Crippen LogP contribution in [0.2, 0.25) is 0 Å². The summed E-state index contributed by atoms with van der Waals surface area (Å²) in [7, 11) is -3.38. The zero-order valence-corrected chi connectivity index (χ0v) is 14.1. The van der Waals surface area contributed by atoms with Gasteiger partial charge in [-0.05, 0) is 40.0 Å². The van der Waals surface area contributed by atoms with E-state index in [-0.39, 0.29) is 24.2 Å². The number of carboxylic acid groups (broad SMARTS) is 1. The molecule has 0 bridgehead atoms. The molecule has 22 heavy (non-hydrogen) atoms. The van der Waals surface area contributed by atoms with E-state index < -0.39 is 27.0 Å². The van der Waals surface area contributed by atoms with Crippen molar-refractivity contribution in [3.05, 3.63) is 28.2 Å². The maximum atomic E-state index is 12.4. The molecule has 8 heteroatoms. The smallest absolute Gasteiger partial charge is 0.307 e. The number of carboxylic acids is 1. The minimum absolute atomic E-state index is 0.0683. The summed E-state index contributed by atoms with van der Waals surface area (Å²) in [6, 6.07) is 5.03. The maximum absolute atomic E-state index is 12.4. The van der Waals surface area contributed by atoms with E-state index in [1.165, 1.54) is 0 Å². The highest BCUT2D eigenvalue weighted by atomic mass is 79.9. The molecule has 6 nitrogen and oxygen atoms in total. The standard InChI is InChI=1S/C14H16BrNO5S/c15-11-3-8(12-4-9(5-16-12)14(17)18)1-2-13(11)22(19,20)10-6-21-7-10/h1-3,9-10,12,16H,4-7H2,(H,17,18). The Bertz CT molecular complexity index is 701. The lowest BCUT2D eigenvalue weighted by Crippen LogP contribution is -2.40. The van der Waals surface area contributed by atoms with Crippen LogP contribution in [-0.4, -0.2) is 44.5 Å². The van der Waals surface area contributed by atoms with Crippen molar-refractivity contribution in [2.45, 2.75) is 22.6 Å². The molecule has 2 unspecified atom stereocenters. The van der Waals surface area contributed by atoms with Crippen molar-refractivity contribution in [3.63, 3.8) is 0 Å². The molecule has 2 N–H and O–H groups in total. The Kier molecular flexibility index (Phi) is 4.28. The van der Waals surface area contributed by atoms with Crippen LogP contribution in [0.25, 0.3) is 0 Å². The van der Waals surface area contributed by atoms with Gasteiger partial charge in [-0.15, -0.1) is 0 Å². The number of hydrogen-bond donors (Lipinski definition) is 2. The Balaban J connectivity index is 1.82.